The number of nitrogens with one attached hydrogen (secondary N) is 9. The van der Waals surface area contributed by atoms with E-state index in [1.807, 2.05) is 18.2 Å². The van der Waals surface area contributed by atoms with Crippen molar-refractivity contribution in [2.75, 3.05) is 25.4 Å². The molecule has 1 unspecified atom stereocenters. The molecule has 0 radical (unpaired) electrons. The van der Waals surface area contributed by atoms with Crippen LogP contribution in [0.4, 0.5) is 5.69 Å². The van der Waals surface area contributed by atoms with Crippen molar-refractivity contribution in [1.82, 2.24) is 47.5 Å². The zero-order valence-corrected chi connectivity index (χ0v) is 41.0. The van der Waals surface area contributed by atoms with E-state index >= 15 is 0 Å². The number of aliphatic imine (C=N–C) groups is 2. The van der Waals surface area contributed by atoms with Crippen molar-refractivity contribution in [3.05, 3.63) is 65.9 Å². The Balaban J connectivity index is 1.73. The smallest absolute Gasteiger partial charge is 0.243 e. The van der Waals surface area contributed by atoms with Crippen LogP contribution in [0.3, 0.4) is 0 Å². The van der Waals surface area contributed by atoms with E-state index < -0.39 is 95.5 Å². The number of aromatic nitrogens is 1. The summed E-state index contributed by atoms with van der Waals surface area (Å²) in [5.41, 5.74) is 36.0. The van der Waals surface area contributed by atoms with Crippen LogP contribution in [0.15, 0.2) is 64.7 Å². The zero-order valence-electron chi connectivity index (χ0n) is 41.0. The largest absolute Gasteiger partial charge is 0.399 e. The van der Waals surface area contributed by atoms with Gasteiger partial charge >= 0.3 is 0 Å². The number of nitrogens with zero attached hydrogens (tertiary/aromatic N) is 2. The van der Waals surface area contributed by atoms with Gasteiger partial charge in [0.15, 0.2) is 11.9 Å². The maximum Gasteiger partial charge on any atom is 0.243 e. The van der Waals surface area contributed by atoms with E-state index in [0.29, 0.717) is 16.8 Å². The quantitative estimate of drug-likeness (QED) is 0.0284. The molecule has 21 N–H and O–H groups in total. The number of anilines is 1. The summed E-state index contributed by atoms with van der Waals surface area (Å²) in [5, 5.41) is 21.9. The topological polar surface area (TPSA) is 446 Å². The first-order valence-corrected chi connectivity index (χ1v) is 23.9. The van der Waals surface area contributed by atoms with Gasteiger partial charge in [0, 0.05) is 68.6 Å². The first-order chi connectivity index (χ1) is 34.7. The number of amides is 9. The van der Waals surface area contributed by atoms with Crippen LogP contribution in [0.25, 0.3) is 10.9 Å². The molecule has 4 rings (SSSR count). The predicted molar refractivity (Wildman–Crippen MR) is 272 cm³/mol. The van der Waals surface area contributed by atoms with Crippen molar-refractivity contribution in [3.63, 3.8) is 0 Å². The first-order valence-electron chi connectivity index (χ1n) is 23.9. The van der Waals surface area contributed by atoms with Crippen molar-refractivity contribution in [1.29, 1.82) is 0 Å². The molecule has 9 amide bonds. The number of nitrogens with two attached hydrogens (primary N) is 6. The van der Waals surface area contributed by atoms with Gasteiger partial charge < -0.3 is 81.9 Å². The van der Waals surface area contributed by atoms with Crippen LogP contribution in [0.1, 0.15) is 76.3 Å². The minimum atomic E-state index is -1.44. The number of H-pyrrole nitrogens is 1. The van der Waals surface area contributed by atoms with Crippen LogP contribution in [0.5, 0.6) is 0 Å². The third kappa shape index (κ3) is 19.3. The Labute approximate surface area is 421 Å². The number of aromatic amines is 1. The summed E-state index contributed by atoms with van der Waals surface area (Å²) >= 11 is 0. The lowest BCUT2D eigenvalue weighted by Gasteiger charge is -2.27. The highest BCUT2D eigenvalue weighted by atomic mass is 16.2. The number of rotatable bonds is 16. The minimum Gasteiger partial charge on any atom is -0.399 e. The molecule has 26 nitrogen and oxygen atoms in total. The summed E-state index contributed by atoms with van der Waals surface area (Å²) < 4.78 is 0. The highest BCUT2D eigenvalue weighted by Crippen LogP contribution is 2.20. The number of fused-ring (bicyclic) bond motifs is 1. The molecule has 1 aliphatic rings. The summed E-state index contributed by atoms with van der Waals surface area (Å²) in [7, 11) is 0. The van der Waals surface area contributed by atoms with Gasteiger partial charge in [-0.05, 0) is 81.2 Å². The fraction of sp³-hybridized carbons (Fsp3) is 0.468. The first kappa shape index (κ1) is 57.1. The molecule has 73 heavy (non-hydrogen) atoms. The number of carbonyl (C=O) groups excluding carboxylic acids is 9. The minimum absolute atomic E-state index is 0.00637. The Hall–Kier alpha value is -8.45. The average molecular weight is 1020 g/mol. The van der Waals surface area contributed by atoms with Gasteiger partial charge in [-0.15, -0.1) is 0 Å². The molecule has 1 fully saturated rings. The van der Waals surface area contributed by atoms with Crippen LogP contribution in [0, 0.1) is 0 Å². The Bertz CT molecular complexity index is 2490. The molecule has 1 saturated heterocycles. The molecule has 396 valence electrons. The van der Waals surface area contributed by atoms with E-state index in [9.17, 15) is 43.2 Å². The lowest BCUT2D eigenvalue weighted by Crippen LogP contribution is -2.60. The fourth-order valence-corrected chi connectivity index (χ4v) is 7.84. The number of carbonyl (C=O) groups is 9. The lowest BCUT2D eigenvalue weighted by atomic mass is 10.0. The second-order valence-electron chi connectivity index (χ2n) is 17.6. The van der Waals surface area contributed by atoms with Crippen molar-refractivity contribution in [3.8, 4) is 0 Å². The molecule has 0 bridgehead atoms. The van der Waals surface area contributed by atoms with Gasteiger partial charge in [-0.3, -0.25) is 53.1 Å². The summed E-state index contributed by atoms with van der Waals surface area (Å²) in [6.45, 7) is 2.71. The molecule has 0 spiro atoms. The van der Waals surface area contributed by atoms with E-state index in [-0.39, 0.29) is 95.8 Å². The highest BCUT2D eigenvalue weighted by Gasteiger charge is 2.34. The fourth-order valence-electron chi connectivity index (χ4n) is 7.84. The van der Waals surface area contributed by atoms with Crippen LogP contribution in [-0.2, 0) is 56.0 Å². The molecular weight excluding hydrogens is 947 g/mol. The molecular formula is C47H69N17O9. The van der Waals surface area contributed by atoms with Gasteiger partial charge in [-0.2, -0.15) is 0 Å². The summed E-state index contributed by atoms with van der Waals surface area (Å²) in [5.74, 6) is -7.33. The van der Waals surface area contributed by atoms with Crippen molar-refractivity contribution in [2.45, 2.75) is 120 Å². The van der Waals surface area contributed by atoms with Gasteiger partial charge in [-0.1, -0.05) is 30.3 Å². The Morgan fingerprint density at radius 3 is 2.01 bits per heavy atom. The van der Waals surface area contributed by atoms with Crippen molar-refractivity contribution >= 4 is 81.7 Å². The number of nitrogen functional groups attached to an aromatic ring is 1. The maximum atomic E-state index is 14.5. The molecule has 7 atom stereocenters. The van der Waals surface area contributed by atoms with Gasteiger partial charge in [-0.25, -0.2) is 0 Å². The van der Waals surface area contributed by atoms with Crippen molar-refractivity contribution < 1.29 is 43.2 Å². The average Bonchev–Trinajstić information content (AvgIpc) is 3.74. The number of guanidine groups is 2. The predicted octanol–water partition coefficient (Wildman–Crippen LogP) is -3.75. The summed E-state index contributed by atoms with van der Waals surface area (Å²) in [6, 6.07) is 4.41. The number of benzene rings is 2. The Kier molecular flexibility index (Phi) is 22.2. The van der Waals surface area contributed by atoms with E-state index in [4.69, 9.17) is 34.4 Å². The lowest BCUT2D eigenvalue weighted by molar-refractivity contribution is -0.135. The number of primary amides is 1. The molecule has 2 aromatic carbocycles. The summed E-state index contributed by atoms with van der Waals surface area (Å²) in [6.07, 6.45) is 1.36. The van der Waals surface area contributed by atoms with Crippen LogP contribution >= 0.6 is 0 Å². The van der Waals surface area contributed by atoms with E-state index in [0.717, 1.165) is 10.9 Å². The second-order valence-corrected chi connectivity index (χ2v) is 17.6. The number of hydrogen-bond donors (Lipinski definition) is 15. The van der Waals surface area contributed by atoms with E-state index in [1.54, 1.807) is 36.5 Å². The van der Waals surface area contributed by atoms with Gasteiger partial charge in [0.2, 0.25) is 53.2 Å². The molecule has 1 aliphatic heterocycles. The summed E-state index contributed by atoms with van der Waals surface area (Å²) in [4.78, 5) is 134. The monoisotopic (exact) mass is 1020 g/mol. The SMILES string of the molecule is CC(=O)N[C@@H](CCCN=C(N)N)C(=O)N[C@H]1CCC(=O)NCCCC(C(N)=O)NC(=O)[C@H](Cc2c[nH]c3ccccc23)NC(=O)[C@H](CCCN=C(N)N)NC(=O)[C@@H](Cc2ccc(N)cc2)NC(=O)[C@H](C)NC1=O. The maximum absolute atomic E-state index is 14.5. The standard InChI is InChI=1S/C47H69N17O9/c1-25-40(68)63-36(22-27-13-15-29(48)16-14-27)44(72)61-34(12-7-21-56-47(52)53)43(71)64-37(23-28-24-57-31-9-4-3-8-30(28)31)45(73)60-32(39(49)67)10-5-19-54-38(66)18-17-35(41(69)58-25)62-42(70)33(59-26(2)65)11-6-20-55-46(50)51/h3-4,8-9,13-16,24-25,32-37,57H,5-7,10-12,17-23,48H2,1-2H3,(H2,49,67)(H,54,66)(H,58,69)(H,59,65)(H,60,73)(H,61,72)(H,62,70)(H,63,68)(H,64,71)(H4,50,51,55)(H4,52,53,56)/t25-,32?,33-,34-,35-,36+,37-/m0/s1. The molecule has 0 saturated carbocycles. The second kappa shape index (κ2) is 28.4. The van der Waals surface area contributed by atoms with Gasteiger partial charge in [0.25, 0.3) is 0 Å². The Morgan fingerprint density at radius 1 is 0.726 bits per heavy atom. The molecule has 26 heteroatoms. The molecule has 1 aromatic heterocycles. The normalized spacial score (nSPS) is 21.3. The van der Waals surface area contributed by atoms with Crippen LogP contribution in [-0.4, -0.2) is 132 Å². The van der Waals surface area contributed by atoms with Gasteiger partial charge in [0.1, 0.15) is 42.3 Å². The van der Waals surface area contributed by atoms with E-state index in [1.165, 1.54) is 13.8 Å². The molecule has 2 heterocycles. The number of para-hydroxylation sites is 1. The number of hydrogen-bond acceptors (Lipinski definition) is 12. The molecule has 0 aliphatic carbocycles. The van der Waals surface area contributed by atoms with Crippen LogP contribution < -0.4 is 76.9 Å². The Morgan fingerprint density at radius 2 is 1.34 bits per heavy atom. The molecule has 3 aromatic rings. The third-order valence-corrected chi connectivity index (χ3v) is 11.7. The third-order valence-electron chi connectivity index (χ3n) is 11.7. The van der Waals surface area contributed by atoms with E-state index in [2.05, 4.69) is 57.5 Å². The van der Waals surface area contributed by atoms with Crippen molar-refractivity contribution in [2.24, 2.45) is 38.7 Å². The van der Waals surface area contributed by atoms with Gasteiger partial charge in [0.05, 0.1) is 0 Å². The highest BCUT2D eigenvalue weighted by molar-refractivity contribution is 5.98. The zero-order chi connectivity index (χ0) is 53.6. The van der Waals surface area contributed by atoms with Crippen LogP contribution in [0.2, 0.25) is 0 Å².